The van der Waals surface area contributed by atoms with Crippen molar-refractivity contribution in [3.05, 3.63) is 48.5 Å². The smallest absolute Gasteiger partial charge is 0.238 e. The van der Waals surface area contributed by atoms with Crippen LogP contribution in [0.5, 0.6) is 0 Å². The Morgan fingerprint density at radius 2 is 2.13 bits per heavy atom. The second-order valence-electron chi connectivity index (χ2n) is 4.89. The van der Waals surface area contributed by atoms with Crippen LogP contribution in [0.1, 0.15) is 12.7 Å². The summed E-state index contributed by atoms with van der Waals surface area (Å²) in [7, 11) is 0. The first-order chi connectivity index (χ1) is 11.1. The standard InChI is InChI=1S/C15H15N5O2S/c1-10-8-13(19-22-10)17-14(21)11(2)23-15-18-16-9-20(15)12-6-4-3-5-7-12/h3-9,11H,1-2H3,(H,17,19,21)/t11-/m1/s1. The summed E-state index contributed by atoms with van der Waals surface area (Å²) in [6.07, 6.45) is 1.63. The van der Waals surface area contributed by atoms with Crippen LogP contribution in [0.2, 0.25) is 0 Å². The van der Waals surface area contributed by atoms with E-state index in [0.717, 1.165) is 5.69 Å². The number of nitrogens with zero attached hydrogens (tertiary/aromatic N) is 4. The summed E-state index contributed by atoms with van der Waals surface area (Å²) in [6, 6.07) is 11.4. The first-order valence-electron chi connectivity index (χ1n) is 7.00. The average molecular weight is 329 g/mol. The van der Waals surface area contributed by atoms with Gasteiger partial charge in [-0.05, 0) is 26.0 Å². The summed E-state index contributed by atoms with van der Waals surface area (Å²) in [5.74, 6) is 0.875. The monoisotopic (exact) mass is 329 g/mol. The third-order valence-electron chi connectivity index (χ3n) is 3.08. The molecule has 0 aliphatic heterocycles. The molecule has 0 saturated carbocycles. The Kier molecular flexibility index (Phi) is 4.42. The summed E-state index contributed by atoms with van der Waals surface area (Å²) >= 11 is 1.32. The Bertz CT molecular complexity index is 799. The number of hydrogen-bond donors (Lipinski definition) is 1. The fraction of sp³-hybridized carbons (Fsp3) is 0.200. The second kappa shape index (κ2) is 6.66. The van der Waals surface area contributed by atoms with Crippen LogP contribution in [-0.4, -0.2) is 31.1 Å². The number of anilines is 1. The van der Waals surface area contributed by atoms with E-state index in [1.54, 1.807) is 26.2 Å². The van der Waals surface area contributed by atoms with Crippen molar-refractivity contribution in [3.63, 3.8) is 0 Å². The van der Waals surface area contributed by atoms with Gasteiger partial charge in [0.05, 0.1) is 5.25 Å². The molecule has 1 amide bonds. The highest BCUT2D eigenvalue weighted by molar-refractivity contribution is 8.00. The first-order valence-corrected chi connectivity index (χ1v) is 7.88. The maximum atomic E-state index is 12.2. The Labute approximate surface area is 137 Å². The number of carbonyl (C=O) groups is 1. The molecule has 1 N–H and O–H groups in total. The summed E-state index contributed by atoms with van der Waals surface area (Å²) in [5.41, 5.74) is 0.944. The van der Waals surface area contributed by atoms with E-state index in [-0.39, 0.29) is 11.2 Å². The Hall–Kier alpha value is -2.61. The summed E-state index contributed by atoms with van der Waals surface area (Å²) < 4.78 is 6.77. The molecule has 1 aromatic carbocycles. The molecule has 0 aliphatic rings. The molecule has 0 spiro atoms. The Morgan fingerprint density at radius 3 is 2.83 bits per heavy atom. The highest BCUT2D eigenvalue weighted by atomic mass is 32.2. The topological polar surface area (TPSA) is 85.8 Å². The van der Waals surface area contributed by atoms with E-state index in [1.807, 2.05) is 34.9 Å². The van der Waals surface area contributed by atoms with E-state index in [4.69, 9.17) is 4.52 Å². The number of thioether (sulfide) groups is 1. The van der Waals surface area contributed by atoms with Gasteiger partial charge in [-0.25, -0.2) is 0 Å². The zero-order valence-corrected chi connectivity index (χ0v) is 13.4. The normalized spacial score (nSPS) is 12.1. The van der Waals surface area contributed by atoms with Crippen molar-refractivity contribution in [1.82, 2.24) is 19.9 Å². The van der Waals surface area contributed by atoms with Crippen LogP contribution in [0.15, 0.2) is 52.4 Å². The van der Waals surface area contributed by atoms with Crippen LogP contribution < -0.4 is 5.32 Å². The van der Waals surface area contributed by atoms with Crippen molar-refractivity contribution < 1.29 is 9.32 Å². The quantitative estimate of drug-likeness (QED) is 0.724. The lowest BCUT2D eigenvalue weighted by Gasteiger charge is -2.11. The molecular weight excluding hydrogens is 314 g/mol. The van der Waals surface area contributed by atoms with Gasteiger partial charge in [-0.1, -0.05) is 35.1 Å². The maximum absolute atomic E-state index is 12.2. The molecule has 118 valence electrons. The van der Waals surface area contributed by atoms with E-state index >= 15 is 0 Å². The number of rotatable bonds is 5. The predicted octanol–water partition coefficient (Wildman–Crippen LogP) is 2.68. The van der Waals surface area contributed by atoms with Crippen LogP contribution in [0.4, 0.5) is 5.82 Å². The molecule has 0 saturated heterocycles. The van der Waals surface area contributed by atoms with Gasteiger partial charge in [-0.2, -0.15) is 0 Å². The summed E-state index contributed by atoms with van der Waals surface area (Å²) in [4.78, 5) is 12.2. The maximum Gasteiger partial charge on any atom is 0.238 e. The Morgan fingerprint density at radius 1 is 1.35 bits per heavy atom. The van der Waals surface area contributed by atoms with Crippen molar-refractivity contribution in [1.29, 1.82) is 0 Å². The minimum absolute atomic E-state index is 0.175. The van der Waals surface area contributed by atoms with Crippen LogP contribution in [0.3, 0.4) is 0 Å². The van der Waals surface area contributed by atoms with Gasteiger partial charge in [0.1, 0.15) is 12.1 Å². The lowest BCUT2D eigenvalue weighted by Crippen LogP contribution is -2.23. The predicted molar refractivity (Wildman–Crippen MR) is 86.5 cm³/mol. The molecule has 0 unspecified atom stereocenters. The molecule has 0 aliphatic carbocycles. The largest absolute Gasteiger partial charge is 0.360 e. The van der Waals surface area contributed by atoms with Crippen molar-refractivity contribution in [2.75, 3.05) is 5.32 Å². The van der Waals surface area contributed by atoms with Gasteiger partial charge in [0, 0.05) is 11.8 Å². The number of hydrogen-bond acceptors (Lipinski definition) is 6. The van der Waals surface area contributed by atoms with E-state index in [1.165, 1.54) is 11.8 Å². The molecular formula is C15H15N5O2S. The zero-order valence-electron chi connectivity index (χ0n) is 12.6. The third kappa shape index (κ3) is 3.59. The highest BCUT2D eigenvalue weighted by Gasteiger charge is 2.19. The molecule has 2 aromatic heterocycles. The van der Waals surface area contributed by atoms with Crippen LogP contribution in [-0.2, 0) is 4.79 Å². The molecule has 1 atom stereocenters. The fourth-order valence-electron chi connectivity index (χ4n) is 1.94. The number of carbonyl (C=O) groups excluding carboxylic acids is 1. The van der Waals surface area contributed by atoms with Gasteiger partial charge in [0.25, 0.3) is 0 Å². The van der Waals surface area contributed by atoms with Gasteiger partial charge in [0.2, 0.25) is 5.91 Å². The van der Waals surface area contributed by atoms with Crippen molar-refractivity contribution in [2.24, 2.45) is 0 Å². The Balaban J connectivity index is 1.70. The van der Waals surface area contributed by atoms with Crippen molar-refractivity contribution in [2.45, 2.75) is 24.3 Å². The van der Waals surface area contributed by atoms with E-state index in [2.05, 4.69) is 20.7 Å². The summed E-state index contributed by atoms with van der Waals surface area (Å²) in [5, 5.41) is 14.8. The lowest BCUT2D eigenvalue weighted by atomic mass is 10.3. The minimum atomic E-state index is -0.362. The number of aromatic nitrogens is 4. The molecule has 3 rings (SSSR count). The number of amides is 1. The molecule has 7 nitrogen and oxygen atoms in total. The third-order valence-corrected chi connectivity index (χ3v) is 4.14. The first kappa shape index (κ1) is 15.3. The fourth-order valence-corrected chi connectivity index (χ4v) is 2.78. The molecule has 0 radical (unpaired) electrons. The lowest BCUT2D eigenvalue weighted by molar-refractivity contribution is -0.115. The van der Waals surface area contributed by atoms with Crippen LogP contribution >= 0.6 is 11.8 Å². The van der Waals surface area contributed by atoms with Crippen molar-refractivity contribution >= 4 is 23.5 Å². The van der Waals surface area contributed by atoms with Crippen molar-refractivity contribution in [3.8, 4) is 5.69 Å². The number of para-hydroxylation sites is 1. The SMILES string of the molecule is Cc1cc(NC(=O)[C@@H](C)Sc2nncn2-c2ccccc2)no1. The van der Waals surface area contributed by atoms with E-state index < -0.39 is 0 Å². The molecule has 0 bridgehead atoms. The van der Waals surface area contributed by atoms with E-state index in [0.29, 0.717) is 16.7 Å². The van der Waals surface area contributed by atoms with Crippen LogP contribution in [0.25, 0.3) is 5.69 Å². The number of aryl methyl sites for hydroxylation is 1. The average Bonchev–Trinajstić information content (AvgIpc) is 3.17. The highest BCUT2D eigenvalue weighted by Crippen LogP contribution is 2.24. The van der Waals surface area contributed by atoms with Gasteiger partial charge < -0.3 is 9.84 Å². The van der Waals surface area contributed by atoms with E-state index in [9.17, 15) is 4.79 Å². The molecule has 3 aromatic rings. The summed E-state index contributed by atoms with van der Waals surface area (Å²) in [6.45, 7) is 3.57. The molecule has 2 heterocycles. The molecule has 8 heteroatoms. The number of benzene rings is 1. The van der Waals surface area contributed by atoms with Gasteiger partial charge >= 0.3 is 0 Å². The van der Waals surface area contributed by atoms with Gasteiger partial charge in [0.15, 0.2) is 11.0 Å². The molecule has 23 heavy (non-hydrogen) atoms. The van der Waals surface area contributed by atoms with Crippen LogP contribution in [0, 0.1) is 6.92 Å². The minimum Gasteiger partial charge on any atom is -0.360 e. The van der Waals surface area contributed by atoms with Gasteiger partial charge in [-0.15, -0.1) is 10.2 Å². The molecule has 0 fully saturated rings. The second-order valence-corrected chi connectivity index (χ2v) is 6.20. The number of nitrogens with one attached hydrogen (secondary N) is 1. The zero-order chi connectivity index (χ0) is 16.2. The van der Waals surface area contributed by atoms with Gasteiger partial charge in [-0.3, -0.25) is 9.36 Å².